The third kappa shape index (κ3) is 3.74. The molecular weight excluding hydrogens is 250 g/mol. The first-order valence-corrected chi connectivity index (χ1v) is 6.99. The molecule has 1 unspecified atom stereocenters. The van der Waals surface area contributed by atoms with E-state index in [4.69, 9.17) is 0 Å². The van der Waals surface area contributed by atoms with Gasteiger partial charge in [0.25, 0.3) is 0 Å². The fourth-order valence-electron chi connectivity index (χ4n) is 1.53. The lowest BCUT2D eigenvalue weighted by Gasteiger charge is -2.25. The molecule has 1 atom stereocenters. The topological polar surface area (TPSA) is 67.2 Å². The van der Waals surface area contributed by atoms with Crippen molar-refractivity contribution >= 4 is 17.7 Å². The van der Waals surface area contributed by atoms with Gasteiger partial charge >= 0.3 is 5.97 Å². The van der Waals surface area contributed by atoms with E-state index < -0.39 is 11.5 Å². The lowest BCUT2D eigenvalue weighted by Crippen LogP contribution is -2.52. The molecule has 2 N–H and O–H groups in total. The number of aromatic nitrogens is 2. The Labute approximate surface area is 112 Å². The van der Waals surface area contributed by atoms with E-state index >= 15 is 0 Å². The van der Waals surface area contributed by atoms with Crippen LogP contribution >= 0.6 is 11.8 Å². The Kier molecular flexibility index (Phi) is 5.22. The Morgan fingerprint density at radius 1 is 1.67 bits per heavy atom. The molecule has 0 spiro atoms. The van der Waals surface area contributed by atoms with E-state index in [1.165, 1.54) is 11.8 Å². The van der Waals surface area contributed by atoms with E-state index in [0.717, 1.165) is 17.1 Å². The smallest absolute Gasteiger partial charge is 0.324 e. The molecule has 1 rings (SSSR count). The second-order valence-corrected chi connectivity index (χ2v) is 5.60. The average molecular weight is 271 g/mol. The molecule has 1 aromatic rings. The number of carboxylic acids is 1. The van der Waals surface area contributed by atoms with Gasteiger partial charge in [-0.25, -0.2) is 0 Å². The summed E-state index contributed by atoms with van der Waals surface area (Å²) in [5.74, 6) is -0.344. The first-order chi connectivity index (χ1) is 8.39. The van der Waals surface area contributed by atoms with Crippen molar-refractivity contribution in [2.24, 2.45) is 7.05 Å². The summed E-state index contributed by atoms with van der Waals surface area (Å²) in [6, 6.07) is 1.97. The predicted octanol–water partition coefficient (Wildman–Crippen LogP) is 1.66. The third-order valence-electron chi connectivity index (χ3n) is 2.70. The molecule has 0 saturated carbocycles. The van der Waals surface area contributed by atoms with E-state index in [1.54, 1.807) is 11.6 Å². The van der Waals surface area contributed by atoms with E-state index in [1.807, 2.05) is 27.0 Å². The summed E-state index contributed by atoms with van der Waals surface area (Å²) in [6.45, 7) is 6.37. The minimum absolute atomic E-state index is 0.474. The summed E-state index contributed by atoms with van der Waals surface area (Å²) < 4.78 is 1.78. The molecule has 1 aromatic heterocycles. The van der Waals surface area contributed by atoms with Gasteiger partial charge in [0.2, 0.25) is 0 Å². The molecule has 0 aromatic carbocycles. The lowest BCUT2D eigenvalue weighted by molar-refractivity contribution is -0.143. The predicted molar refractivity (Wildman–Crippen MR) is 73.0 cm³/mol. The molecule has 0 radical (unpaired) electrons. The maximum Gasteiger partial charge on any atom is 0.324 e. The SMILES string of the molecule is CCCNC(C)(CSc1cc(C)nn1C)C(=O)O. The molecule has 0 aliphatic carbocycles. The number of nitrogens with one attached hydrogen (secondary N) is 1. The Balaban J connectivity index is 2.68. The second kappa shape index (κ2) is 6.24. The van der Waals surface area contributed by atoms with Crippen molar-refractivity contribution in [1.29, 1.82) is 0 Å². The minimum atomic E-state index is -0.904. The Bertz CT molecular complexity index is 419. The van der Waals surface area contributed by atoms with Gasteiger partial charge in [0.15, 0.2) is 0 Å². The summed E-state index contributed by atoms with van der Waals surface area (Å²) in [7, 11) is 1.87. The highest BCUT2D eigenvalue weighted by Crippen LogP contribution is 2.23. The summed E-state index contributed by atoms with van der Waals surface area (Å²) in [5, 5.41) is 17.6. The number of aryl methyl sites for hydroxylation is 2. The van der Waals surface area contributed by atoms with Crippen molar-refractivity contribution in [3.05, 3.63) is 11.8 Å². The summed E-state index contributed by atoms with van der Waals surface area (Å²) in [6.07, 6.45) is 0.915. The molecule has 0 aliphatic rings. The molecule has 18 heavy (non-hydrogen) atoms. The highest BCUT2D eigenvalue weighted by molar-refractivity contribution is 7.99. The van der Waals surface area contributed by atoms with Gasteiger partial charge in [-0.1, -0.05) is 6.92 Å². The molecule has 102 valence electrons. The number of rotatable bonds is 7. The van der Waals surface area contributed by atoms with Gasteiger partial charge in [-0.3, -0.25) is 9.48 Å². The summed E-state index contributed by atoms with van der Waals surface area (Å²) in [5.41, 5.74) is 0.0392. The zero-order valence-electron chi connectivity index (χ0n) is 11.4. The molecule has 5 nitrogen and oxygen atoms in total. The molecule has 0 aliphatic heterocycles. The van der Waals surface area contributed by atoms with Crippen LogP contribution in [0.1, 0.15) is 26.0 Å². The van der Waals surface area contributed by atoms with Gasteiger partial charge in [-0.15, -0.1) is 11.8 Å². The number of carbonyl (C=O) groups is 1. The molecule has 6 heteroatoms. The van der Waals surface area contributed by atoms with E-state index in [9.17, 15) is 9.90 Å². The average Bonchev–Trinajstić information content (AvgIpc) is 2.62. The first kappa shape index (κ1) is 15.0. The minimum Gasteiger partial charge on any atom is -0.480 e. The van der Waals surface area contributed by atoms with Crippen molar-refractivity contribution in [2.75, 3.05) is 12.3 Å². The number of thioether (sulfide) groups is 1. The van der Waals surface area contributed by atoms with Gasteiger partial charge in [-0.05, 0) is 32.9 Å². The van der Waals surface area contributed by atoms with Crippen molar-refractivity contribution in [2.45, 2.75) is 37.8 Å². The van der Waals surface area contributed by atoms with Crippen LogP contribution in [-0.4, -0.2) is 38.7 Å². The fraction of sp³-hybridized carbons (Fsp3) is 0.667. The van der Waals surface area contributed by atoms with Crippen LogP contribution in [0.4, 0.5) is 0 Å². The monoisotopic (exact) mass is 271 g/mol. The van der Waals surface area contributed by atoms with Crippen molar-refractivity contribution < 1.29 is 9.90 Å². The Morgan fingerprint density at radius 3 is 2.78 bits per heavy atom. The second-order valence-electron chi connectivity index (χ2n) is 4.60. The van der Waals surface area contributed by atoms with Gasteiger partial charge < -0.3 is 10.4 Å². The standard InChI is InChI=1S/C12H21N3O2S/c1-5-6-13-12(3,11(16)17)8-18-10-7-9(2)14-15(10)4/h7,13H,5-6,8H2,1-4H3,(H,16,17). The molecule has 0 amide bonds. The van der Waals surface area contributed by atoms with Gasteiger partial charge in [0, 0.05) is 12.8 Å². The van der Waals surface area contributed by atoms with Crippen LogP contribution in [0, 0.1) is 6.92 Å². The van der Waals surface area contributed by atoms with Crippen LogP contribution in [0.5, 0.6) is 0 Å². The van der Waals surface area contributed by atoms with Crippen molar-refractivity contribution in [3.63, 3.8) is 0 Å². The van der Waals surface area contributed by atoms with Crippen molar-refractivity contribution in [3.8, 4) is 0 Å². The van der Waals surface area contributed by atoms with E-state index in [-0.39, 0.29) is 0 Å². The number of hydrogen-bond donors (Lipinski definition) is 2. The number of aliphatic carboxylic acids is 1. The largest absolute Gasteiger partial charge is 0.480 e. The van der Waals surface area contributed by atoms with E-state index in [0.29, 0.717) is 12.3 Å². The van der Waals surface area contributed by atoms with Crippen molar-refractivity contribution in [1.82, 2.24) is 15.1 Å². The van der Waals surface area contributed by atoms with Crippen LogP contribution in [0.15, 0.2) is 11.1 Å². The molecule has 0 saturated heterocycles. The van der Waals surface area contributed by atoms with E-state index in [2.05, 4.69) is 10.4 Å². The zero-order chi connectivity index (χ0) is 13.8. The van der Waals surface area contributed by atoms with Crippen LogP contribution in [0.25, 0.3) is 0 Å². The number of nitrogens with zero attached hydrogens (tertiary/aromatic N) is 2. The lowest BCUT2D eigenvalue weighted by atomic mass is 10.1. The van der Waals surface area contributed by atoms with Gasteiger partial charge in [0.1, 0.15) is 5.54 Å². The number of carboxylic acid groups (broad SMARTS) is 1. The Hall–Kier alpha value is -1.01. The first-order valence-electron chi connectivity index (χ1n) is 6.01. The Morgan fingerprint density at radius 2 is 2.33 bits per heavy atom. The highest BCUT2D eigenvalue weighted by atomic mass is 32.2. The zero-order valence-corrected chi connectivity index (χ0v) is 12.2. The summed E-state index contributed by atoms with van der Waals surface area (Å²) in [4.78, 5) is 11.3. The van der Waals surface area contributed by atoms with Gasteiger partial charge in [0.05, 0.1) is 10.7 Å². The molecular formula is C12H21N3O2S. The third-order valence-corrected chi connectivity index (χ3v) is 4.10. The highest BCUT2D eigenvalue weighted by Gasteiger charge is 2.32. The molecule has 1 heterocycles. The van der Waals surface area contributed by atoms with Crippen LogP contribution < -0.4 is 5.32 Å². The van der Waals surface area contributed by atoms with Crippen LogP contribution in [-0.2, 0) is 11.8 Å². The van der Waals surface area contributed by atoms with Crippen LogP contribution in [0.3, 0.4) is 0 Å². The van der Waals surface area contributed by atoms with Crippen LogP contribution in [0.2, 0.25) is 0 Å². The normalized spacial score (nSPS) is 14.4. The fourth-order valence-corrected chi connectivity index (χ4v) is 2.67. The van der Waals surface area contributed by atoms with Gasteiger partial charge in [-0.2, -0.15) is 5.10 Å². The summed E-state index contributed by atoms with van der Waals surface area (Å²) >= 11 is 1.51. The quantitative estimate of drug-likeness (QED) is 0.738. The molecule has 0 fully saturated rings. The maximum atomic E-state index is 11.3. The molecule has 0 bridgehead atoms. The maximum absolute atomic E-state index is 11.3. The number of hydrogen-bond acceptors (Lipinski definition) is 4.